The largest absolute Gasteiger partial charge is 0.327 e. The van der Waals surface area contributed by atoms with Crippen LogP contribution in [0.25, 0.3) is 0 Å². The monoisotopic (exact) mass is 371 g/mol. The third-order valence-corrected chi connectivity index (χ3v) is 4.85. The van der Waals surface area contributed by atoms with E-state index >= 15 is 0 Å². The fourth-order valence-electron chi connectivity index (χ4n) is 1.99. The summed E-state index contributed by atoms with van der Waals surface area (Å²) in [6.07, 6.45) is 0.177. The first kappa shape index (κ1) is 16.5. The summed E-state index contributed by atoms with van der Waals surface area (Å²) in [4.78, 5) is 1.11. The van der Waals surface area contributed by atoms with Crippen LogP contribution in [0.4, 0.5) is 8.78 Å². The van der Waals surface area contributed by atoms with Gasteiger partial charge in [0.1, 0.15) is 11.6 Å². The number of hydrogen-bond donors (Lipinski definition) is 1. The Kier molecular flexibility index (Phi) is 5.79. The molecule has 2 rings (SSSR count). The van der Waals surface area contributed by atoms with Gasteiger partial charge in [0.05, 0.1) is 4.47 Å². The molecule has 0 aromatic heterocycles. The van der Waals surface area contributed by atoms with Crippen LogP contribution in [0.5, 0.6) is 0 Å². The number of hydrogen-bond acceptors (Lipinski definition) is 2. The van der Waals surface area contributed by atoms with Gasteiger partial charge in [0.15, 0.2) is 0 Å². The molecule has 2 N–H and O–H groups in total. The molecule has 0 aliphatic carbocycles. The summed E-state index contributed by atoms with van der Waals surface area (Å²) in [6, 6.07) is 10.4. The smallest absolute Gasteiger partial charge is 0.143 e. The molecule has 2 aromatic carbocycles. The maximum Gasteiger partial charge on any atom is 0.143 e. The number of aryl methyl sites for hydroxylation is 1. The Morgan fingerprint density at radius 2 is 2.00 bits per heavy atom. The molecule has 1 nitrogen and oxygen atoms in total. The van der Waals surface area contributed by atoms with Crippen molar-refractivity contribution in [3.63, 3.8) is 0 Å². The van der Waals surface area contributed by atoms with Crippen LogP contribution >= 0.6 is 27.7 Å². The highest BCUT2D eigenvalue weighted by molar-refractivity contribution is 9.10. The van der Waals surface area contributed by atoms with Crippen molar-refractivity contribution >= 4 is 27.7 Å². The summed E-state index contributed by atoms with van der Waals surface area (Å²) >= 11 is 4.66. The van der Waals surface area contributed by atoms with E-state index in [4.69, 9.17) is 5.73 Å². The van der Waals surface area contributed by atoms with Crippen molar-refractivity contribution in [2.45, 2.75) is 24.3 Å². The molecule has 0 spiro atoms. The SMILES string of the molecule is Cc1cccc(SCC(N)Cc2c(F)ccc(Br)c2F)c1. The van der Waals surface area contributed by atoms with Gasteiger partial charge in [0.2, 0.25) is 0 Å². The van der Waals surface area contributed by atoms with Crippen molar-refractivity contribution in [2.75, 3.05) is 5.75 Å². The van der Waals surface area contributed by atoms with E-state index in [1.165, 1.54) is 17.7 Å². The molecule has 2 aromatic rings. The highest BCUT2D eigenvalue weighted by Gasteiger charge is 2.15. The van der Waals surface area contributed by atoms with Crippen molar-refractivity contribution < 1.29 is 8.78 Å². The van der Waals surface area contributed by atoms with Gasteiger partial charge in [-0.2, -0.15) is 0 Å². The van der Waals surface area contributed by atoms with Crippen LogP contribution < -0.4 is 5.73 Å². The molecule has 0 radical (unpaired) electrons. The number of thioether (sulfide) groups is 1. The first-order valence-corrected chi connectivity index (χ1v) is 8.32. The van der Waals surface area contributed by atoms with Crippen molar-refractivity contribution in [2.24, 2.45) is 5.73 Å². The third kappa shape index (κ3) is 4.53. The summed E-state index contributed by atoms with van der Waals surface area (Å²) < 4.78 is 27.8. The van der Waals surface area contributed by atoms with Crippen LogP contribution in [0, 0.1) is 18.6 Å². The minimum Gasteiger partial charge on any atom is -0.327 e. The van der Waals surface area contributed by atoms with Crippen LogP contribution in [0.3, 0.4) is 0 Å². The second kappa shape index (κ2) is 7.38. The van der Waals surface area contributed by atoms with E-state index in [0.717, 1.165) is 4.90 Å². The summed E-state index contributed by atoms with van der Waals surface area (Å²) in [5, 5.41) is 0. The van der Waals surface area contributed by atoms with Gasteiger partial charge in [-0.15, -0.1) is 11.8 Å². The van der Waals surface area contributed by atoms with Crippen molar-refractivity contribution in [3.05, 3.63) is 63.6 Å². The first-order valence-electron chi connectivity index (χ1n) is 6.55. The molecule has 0 fully saturated rings. The predicted octanol–water partition coefficient (Wildman–Crippen LogP) is 4.70. The first-order chi connectivity index (χ1) is 9.97. The lowest BCUT2D eigenvalue weighted by atomic mass is 10.1. The maximum absolute atomic E-state index is 13.9. The minimum absolute atomic E-state index is 0.0433. The zero-order valence-electron chi connectivity index (χ0n) is 11.6. The Balaban J connectivity index is 1.99. The van der Waals surface area contributed by atoms with Gasteiger partial charge >= 0.3 is 0 Å². The van der Waals surface area contributed by atoms with Crippen molar-refractivity contribution in [1.82, 2.24) is 0 Å². The van der Waals surface area contributed by atoms with E-state index in [2.05, 4.69) is 22.0 Å². The van der Waals surface area contributed by atoms with Crippen LogP contribution in [0.1, 0.15) is 11.1 Å². The average molecular weight is 372 g/mol. The normalized spacial score (nSPS) is 12.4. The Bertz CT molecular complexity index is 634. The molecule has 1 atom stereocenters. The van der Waals surface area contributed by atoms with E-state index in [1.807, 2.05) is 25.1 Å². The van der Waals surface area contributed by atoms with Gasteiger partial charge in [0, 0.05) is 22.3 Å². The van der Waals surface area contributed by atoms with Crippen LogP contribution in [-0.2, 0) is 6.42 Å². The van der Waals surface area contributed by atoms with Gasteiger partial charge in [-0.1, -0.05) is 17.7 Å². The van der Waals surface area contributed by atoms with E-state index in [1.54, 1.807) is 11.8 Å². The standard InChI is InChI=1S/C16H16BrF2NS/c1-10-3-2-4-12(7-10)21-9-11(20)8-13-15(18)6-5-14(17)16(13)19/h2-7,11H,8-9,20H2,1H3. The molecule has 0 amide bonds. The fraction of sp³-hybridized carbons (Fsp3) is 0.250. The molecule has 112 valence electrons. The molecule has 1 unspecified atom stereocenters. The van der Waals surface area contributed by atoms with E-state index in [0.29, 0.717) is 5.75 Å². The molecule has 0 aliphatic heterocycles. The van der Waals surface area contributed by atoms with Gasteiger partial charge in [-0.05, 0) is 53.5 Å². The second-order valence-corrected chi connectivity index (χ2v) is 6.86. The quantitative estimate of drug-likeness (QED) is 0.608. The zero-order valence-corrected chi connectivity index (χ0v) is 14.0. The summed E-state index contributed by atoms with van der Waals surface area (Å²) in [5.74, 6) is -0.507. The third-order valence-electron chi connectivity index (χ3n) is 3.06. The Labute approximate surface area is 136 Å². The van der Waals surface area contributed by atoms with Gasteiger partial charge in [0.25, 0.3) is 0 Å². The van der Waals surface area contributed by atoms with Crippen LogP contribution in [0.2, 0.25) is 0 Å². The lowest BCUT2D eigenvalue weighted by Crippen LogP contribution is -2.26. The zero-order chi connectivity index (χ0) is 15.4. The summed E-state index contributed by atoms with van der Waals surface area (Å²) in [7, 11) is 0. The number of benzene rings is 2. The molecular formula is C16H16BrF2NS. The van der Waals surface area contributed by atoms with Gasteiger partial charge in [-0.3, -0.25) is 0 Å². The molecule has 0 heterocycles. The number of nitrogens with two attached hydrogens (primary N) is 1. The van der Waals surface area contributed by atoms with Gasteiger partial charge in [-0.25, -0.2) is 8.78 Å². The molecule has 5 heteroatoms. The average Bonchev–Trinajstić information content (AvgIpc) is 2.46. The predicted molar refractivity (Wildman–Crippen MR) is 87.6 cm³/mol. The molecule has 21 heavy (non-hydrogen) atoms. The lowest BCUT2D eigenvalue weighted by Gasteiger charge is -2.13. The number of halogens is 3. The highest BCUT2D eigenvalue weighted by Crippen LogP contribution is 2.24. The summed E-state index contributed by atoms with van der Waals surface area (Å²) in [6.45, 7) is 2.02. The molecule has 0 bridgehead atoms. The van der Waals surface area contributed by atoms with Gasteiger partial charge < -0.3 is 5.73 Å². The lowest BCUT2D eigenvalue weighted by molar-refractivity contribution is 0.539. The van der Waals surface area contributed by atoms with Crippen molar-refractivity contribution in [1.29, 1.82) is 0 Å². The fourth-order valence-corrected chi connectivity index (χ4v) is 3.33. The second-order valence-electron chi connectivity index (χ2n) is 4.91. The Morgan fingerprint density at radius 1 is 1.24 bits per heavy atom. The molecule has 0 saturated carbocycles. The van der Waals surface area contributed by atoms with Crippen molar-refractivity contribution in [3.8, 4) is 0 Å². The highest BCUT2D eigenvalue weighted by atomic mass is 79.9. The molecule has 0 saturated heterocycles. The van der Waals surface area contributed by atoms with E-state index in [-0.39, 0.29) is 22.5 Å². The summed E-state index contributed by atoms with van der Waals surface area (Å²) in [5.41, 5.74) is 7.23. The molecule has 0 aliphatic rings. The minimum atomic E-state index is -0.564. The Morgan fingerprint density at radius 3 is 2.71 bits per heavy atom. The van der Waals surface area contributed by atoms with E-state index in [9.17, 15) is 8.78 Å². The topological polar surface area (TPSA) is 26.0 Å². The number of rotatable bonds is 5. The van der Waals surface area contributed by atoms with Crippen LogP contribution in [0.15, 0.2) is 45.8 Å². The molecular weight excluding hydrogens is 356 g/mol. The Hall–Kier alpha value is -0.910. The van der Waals surface area contributed by atoms with E-state index < -0.39 is 11.6 Å². The van der Waals surface area contributed by atoms with Crippen LogP contribution in [-0.4, -0.2) is 11.8 Å². The maximum atomic E-state index is 13.9.